The maximum Gasteiger partial charge on any atom is 0.282 e. The normalized spacial score (nSPS) is 10.2. The molecule has 0 atom stereocenters. The van der Waals surface area contributed by atoms with Crippen molar-refractivity contribution in [1.29, 1.82) is 0 Å². The van der Waals surface area contributed by atoms with Gasteiger partial charge >= 0.3 is 0 Å². The van der Waals surface area contributed by atoms with E-state index < -0.39 is 10.8 Å². The average Bonchev–Trinajstić information content (AvgIpc) is 2.81. The fourth-order valence-electron chi connectivity index (χ4n) is 1.60. The SMILES string of the molecule is Nc1ccc([N+](=O)[O-])c(C(=O)NCc2sccc2Br)c1. The van der Waals surface area contributed by atoms with Crippen LogP contribution in [0.15, 0.2) is 34.1 Å². The molecule has 0 spiro atoms. The van der Waals surface area contributed by atoms with Crippen molar-refractivity contribution in [2.75, 3.05) is 5.73 Å². The zero-order chi connectivity index (χ0) is 14.7. The molecule has 0 saturated carbocycles. The van der Waals surface area contributed by atoms with Gasteiger partial charge < -0.3 is 11.1 Å². The minimum Gasteiger partial charge on any atom is -0.399 e. The first-order valence-electron chi connectivity index (χ1n) is 5.53. The summed E-state index contributed by atoms with van der Waals surface area (Å²) in [7, 11) is 0. The summed E-state index contributed by atoms with van der Waals surface area (Å²) in [5, 5.41) is 15.4. The molecule has 6 nitrogen and oxygen atoms in total. The summed E-state index contributed by atoms with van der Waals surface area (Å²) in [5.41, 5.74) is 5.57. The van der Waals surface area contributed by atoms with Gasteiger partial charge in [-0.05, 0) is 39.5 Å². The quantitative estimate of drug-likeness (QED) is 0.500. The predicted octanol–water partition coefficient (Wildman–Crippen LogP) is 2.93. The summed E-state index contributed by atoms with van der Waals surface area (Å²) >= 11 is 4.83. The molecule has 1 aromatic carbocycles. The molecule has 0 saturated heterocycles. The van der Waals surface area contributed by atoms with E-state index in [-0.39, 0.29) is 11.3 Å². The first-order chi connectivity index (χ1) is 9.49. The van der Waals surface area contributed by atoms with Gasteiger partial charge in [0.2, 0.25) is 0 Å². The maximum absolute atomic E-state index is 12.0. The molecule has 20 heavy (non-hydrogen) atoms. The lowest BCUT2D eigenvalue weighted by atomic mass is 10.1. The highest BCUT2D eigenvalue weighted by atomic mass is 79.9. The van der Waals surface area contributed by atoms with Crippen molar-refractivity contribution in [2.24, 2.45) is 0 Å². The summed E-state index contributed by atoms with van der Waals surface area (Å²) < 4.78 is 0.893. The third-order valence-electron chi connectivity index (χ3n) is 2.56. The molecule has 2 rings (SSSR count). The Morgan fingerprint density at radius 3 is 2.80 bits per heavy atom. The predicted molar refractivity (Wildman–Crippen MR) is 80.7 cm³/mol. The second-order valence-electron chi connectivity index (χ2n) is 3.91. The van der Waals surface area contributed by atoms with Gasteiger partial charge in [0.25, 0.3) is 11.6 Å². The summed E-state index contributed by atoms with van der Waals surface area (Å²) in [4.78, 5) is 23.3. The van der Waals surface area contributed by atoms with E-state index >= 15 is 0 Å². The lowest BCUT2D eigenvalue weighted by Crippen LogP contribution is -2.23. The van der Waals surface area contributed by atoms with Crippen molar-refractivity contribution >= 4 is 44.5 Å². The number of benzene rings is 1. The molecule has 2 aromatic rings. The van der Waals surface area contributed by atoms with Crippen molar-refractivity contribution < 1.29 is 9.72 Å². The second kappa shape index (κ2) is 6.02. The number of nitrogen functional groups attached to an aromatic ring is 1. The molecular weight excluding hydrogens is 346 g/mol. The van der Waals surface area contributed by atoms with Crippen LogP contribution in [-0.4, -0.2) is 10.8 Å². The maximum atomic E-state index is 12.0. The molecule has 0 bridgehead atoms. The minimum absolute atomic E-state index is 0.0392. The first-order valence-corrected chi connectivity index (χ1v) is 7.20. The van der Waals surface area contributed by atoms with Crippen LogP contribution in [-0.2, 0) is 6.54 Å². The number of nitro benzene ring substituents is 1. The molecule has 0 aliphatic carbocycles. The van der Waals surface area contributed by atoms with Gasteiger partial charge in [0.05, 0.1) is 11.5 Å². The number of nitrogens with two attached hydrogens (primary N) is 1. The number of nitrogens with zero attached hydrogens (tertiary/aromatic N) is 1. The van der Waals surface area contributed by atoms with E-state index in [4.69, 9.17) is 5.73 Å². The Morgan fingerprint density at radius 2 is 2.20 bits per heavy atom. The fraction of sp³-hybridized carbons (Fsp3) is 0.0833. The molecule has 0 radical (unpaired) electrons. The van der Waals surface area contributed by atoms with Crippen molar-refractivity contribution in [3.05, 3.63) is 54.7 Å². The highest BCUT2D eigenvalue weighted by molar-refractivity contribution is 9.10. The number of carbonyl (C=O) groups excluding carboxylic acids is 1. The number of nitro groups is 1. The smallest absolute Gasteiger partial charge is 0.282 e. The van der Waals surface area contributed by atoms with E-state index in [1.807, 2.05) is 11.4 Å². The number of nitrogens with one attached hydrogen (secondary N) is 1. The fourth-order valence-corrected chi connectivity index (χ4v) is 3.03. The largest absolute Gasteiger partial charge is 0.399 e. The van der Waals surface area contributed by atoms with Crippen molar-refractivity contribution in [3.63, 3.8) is 0 Å². The molecule has 0 aliphatic heterocycles. The Bertz CT molecular complexity index is 672. The number of anilines is 1. The number of hydrogen-bond acceptors (Lipinski definition) is 5. The van der Waals surface area contributed by atoms with Crippen molar-refractivity contribution in [3.8, 4) is 0 Å². The molecule has 3 N–H and O–H groups in total. The first kappa shape index (κ1) is 14.5. The standard InChI is InChI=1S/C12H10BrN3O3S/c13-9-3-4-20-11(9)6-15-12(17)8-5-7(14)1-2-10(8)16(18)19/h1-5H,6,14H2,(H,15,17). The zero-order valence-corrected chi connectivity index (χ0v) is 12.5. The van der Waals surface area contributed by atoms with Crippen LogP contribution >= 0.6 is 27.3 Å². The van der Waals surface area contributed by atoms with Crippen molar-refractivity contribution in [2.45, 2.75) is 6.54 Å². The number of thiophene rings is 1. The van der Waals surface area contributed by atoms with Gasteiger partial charge in [0.15, 0.2) is 0 Å². The van der Waals surface area contributed by atoms with E-state index in [2.05, 4.69) is 21.2 Å². The topological polar surface area (TPSA) is 98.3 Å². The average molecular weight is 356 g/mol. The van der Waals surface area contributed by atoms with Crippen LogP contribution in [0, 0.1) is 10.1 Å². The molecular formula is C12H10BrN3O3S. The van der Waals surface area contributed by atoms with Gasteiger partial charge in [-0.3, -0.25) is 14.9 Å². The van der Waals surface area contributed by atoms with Crippen LogP contribution in [0.25, 0.3) is 0 Å². The van der Waals surface area contributed by atoms with Crippen molar-refractivity contribution in [1.82, 2.24) is 5.32 Å². The Labute approximate surface area is 126 Å². The number of halogens is 1. The van der Waals surface area contributed by atoms with Gasteiger partial charge in [-0.25, -0.2) is 0 Å². The number of amides is 1. The zero-order valence-electron chi connectivity index (χ0n) is 10.1. The lowest BCUT2D eigenvalue weighted by Gasteiger charge is -2.06. The summed E-state index contributed by atoms with van der Waals surface area (Å²) in [5.74, 6) is -0.524. The number of rotatable bonds is 4. The summed E-state index contributed by atoms with van der Waals surface area (Å²) in [6.07, 6.45) is 0. The van der Waals surface area contributed by atoms with E-state index in [1.165, 1.54) is 29.5 Å². The van der Waals surface area contributed by atoms with Gasteiger partial charge in [-0.1, -0.05) is 0 Å². The number of carbonyl (C=O) groups is 1. The Morgan fingerprint density at radius 1 is 1.45 bits per heavy atom. The van der Waals surface area contributed by atoms with E-state index in [0.29, 0.717) is 12.2 Å². The van der Waals surface area contributed by atoms with E-state index in [9.17, 15) is 14.9 Å². The second-order valence-corrected chi connectivity index (χ2v) is 5.76. The molecule has 1 aromatic heterocycles. The van der Waals surface area contributed by atoms with Crippen LogP contribution in [0.2, 0.25) is 0 Å². The Hall–Kier alpha value is -1.93. The molecule has 0 unspecified atom stereocenters. The molecule has 1 amide bonds. The summed E-state index contributed by atoms with van der Waals surface area (Å²) in [6.45, 7) is 0.295. The van der Waals surface area contributed by atoms with Crippen LogP contribution in [0.3, 0.4) is 0 Å². The molecule has 1 heterocycles. The molecule has 104 valence electrons. The lowest BCUT2D eigenvalue weighted by molar-refractivity contribution is -0.385. The molecule has 0 aliphatic rings. The van der Waals surface area contributed by atoms with Crippen LogP contribution in [0.5, 0.6) is 0 Å². The van der Waals surface area contributed by atoms with E-state index in [0.717, 1.165) is 9.35 Å². The van der Waals surface area contributed by atoms with E-state index in [1.54, 1.807) is 0 Å². The Kier molecular flexibility index (Phi) is 4.35. The van der Waals surface area contributed by atoms with Gasteiger partial charge in [0, 0.05) is 21.1 Å². The molecule has 0 fully saturated rings. The third kappa shape index (κ3) is 3.14. The van der Waals surface area contributed by atoms with Crippen LogP contribution in [0.1, 0.15) is 15.2 Å². The van der Waals surface area contributed by atoms with Gasteiger partial charge in [0.1, 0.15) is 5.56 Å². The number of hydrogen-bond donors (Lipinski definition) is 2. The summed E-state index contributed by atoms with van der Waals surface area (Å²) in [6, 6.07) is 5.79. The third-order valence-corrected chi connectivity index (χ3v) is 4.49. The van der Waals surface area contributed by atoms with Crippen LogP contribution in [0.4, 0.5) is 11.4 Å². The molecule has 8 heteroatoms. The Balaban J connectivity index is 2.19. The highest BCUT2D eigenvalue weighted by Gasteiger charge is 2.20. The minimum atomic E-state index is -0.602. The van der Waals surface area contributed by atoms with Gasteiger partial charge in [-0.2, -0.15) is 0 Å². The monoisotopic (exact) mass is 355 g/mol. The van der Waals surface area contributed by atoms with Gasteiger partial charge in [-0.15, -0.1) is 11.3 Å². The van der Waals surface area contributed by atoms with Crippen LogP contribution < -0.4 is 11.1 Å². The highest BCUT2D eigenvalue weighted by Crippen LogP contribution is 2.24.